The van der Waals surface area contributed by atoms with E-state index in [0.29, 0.717) is 0 Å². The average Bonchev–Trinajstić information content (AvgIpc) is 2.46. The van der Waals surface area contributed by atoms with E-state index in [4.69, 9.17) is 0 Å². The van der Waals surface area contributed by atoms with Gasteiger partial charge in [0.05, 0.1) is 0 Å². The van der Waals surface area contributed by atoms with E-state index in [1.54, 1.807) is 6.33 Å². The zero-order chi connectivity index (χ0) is 12.8. The van der Waals surface area contributed by atoms with Crippen LogP contribution in [0.1, 0.15) is 29.8 Å². The Bertz CT molecular complexity index is 467. The summed E-state index contributed by atoms with van der Waals surface area (Å²) in [7, 11) is 1.94. The number of aryl methyl sites for hydroxylation is 1. The zero-order valence-electron chi connectivity index (χ0n) is 10.8. The summed E-state index contributed by atoms with van der Waals surface area (Å²) in [6.45, 7) is 2.13. The molecule has 2 aromatic rings. The highest BCUT2D eigenvalue weighted by Gasteiger charge is 2.11. The molecule has 0 radical (unpaired) electrons. The third-order valence-electron chi connectivity index (χ3n) is 3.04. The topological polar surface area (TPSA) is 50.7 Å². The molecule has 0 aliphatic heterocycles. The molecule has 1 unspecified atom stereocenters. The largest absolute Gasteiger partial charge is 0.313 e. The van der Waals surface area contributed by atoms with Gasteiger partial charge in [0.15, 0.2) is 0 Å². The van der Waals surface area contributed by atoms with Crippen LogP contribution < -0.4 is 5.32 Å². The van der Waals surface area contributed by atoms with Crippen LogP contribution in [-0.4, -0.2) is 22.0 Å². The lowest BCUT2D eigenvalue weighted by atomic mass is 10.0. The summed E-state index contributed by atoms with van der Waals surface area (Å²) in [5.74, 6) is 0. The Morgan fingerprint density at radius 3 is 2.50 bits per heavy atom. The van der Waals surface area contributed by atoms with E-state index in [1.807, 2.05) is 25.6 Å². The van der Waals surface area contributed by atoms with Gasteiger partial charge < -0.3 is 5.32 Å². The molecule has 4 heteroatoms. The van der Waals surface area contributed by atoms with E-state index in [9.17, 15) is 0 Å². The van der Waals surface area contributed by atoms with Crippen LogP contribution in [0.3, 0.4) is 0 Å². The van der Waals surface area contributed by atoms with Gasteiger partial charge in [-0.25, -0.2) is 9.97 Å². The molecular formula is C14H18N4. The number of nitrogens with zero attached hydrogens (tertiary/aromatic N) is 3. The zero-order valence-corrected chi connectivity index (χ0v) is 10.8. The Kier molecular flexibility index (Phi) is 4.36. The van der Waals surface area contributed by atoms with Crippen LogP contribution in [0.2, 0.25) is 0 Å². The van der Waals surface area contributed by atoms with Gasteiger partial charge in [0.2, 0.25) is 0 Å². The summed E-state index contributed by atoms with van der Waals surface area (Å²) >= 11 is 0. The van der Waals surface area contributed by atoms with Gasteiger partial charge >= 0.3 is 0 Å². The van der Waals surface area contributed by atoms with Gasteiger partial charge in [0.1, 0.15) is 6.33 Å². The van der Waals surface area contributed by atoms with Crippen LogP contribution in [-0.2, 0) is 12.8 Å². The van der Waals surface area contributed by atoms with Crippen molar-refractivity contribution in [1.82, 2.24) is 20.3 Å². The second kappa shape index (κ2) is 6.21. The molecule has 18 heavy (non-hydrogen) atoms. The molecule has 0 aliphatic rings. The highest BCUT2D eigenvalue weighted by atomic mass is 14.9. The van der Waals surface area contributed by atoms with Crippen molar-refractivity contribution in [3.8, 4) is 0 Å². The number of rotatable bonds is 5. The van der Waals surface area contributed by atoms with Gasteiger partial charge in [-0.15, -0.1) is 0 Å². The molecule has 2 aromatic heterocycles. The summed E-state index contributed by atoms with van der Waals surface area (Å²) in [6, 6.07) is 4.43. The molecule has 0 aromatic carbocycles. The minimum Gasteiger partial charge on any atom is -0.313 e. The summed E-state index contributed by atoms with van der Waals surface area (Å²) in [4.78, 5) is 12.6. The van der Waals surface area contributed by atoms with Crippen molar-refractivity contribution in [1.29, 1.82) is 0 Å². The van der Waals surface area contributed by atoms with Crippen molar-refractivity contribution in [3.05, 3.63) is 53.9 Å². The molecule has 0 amide bonds. The van der Waals surface area contributed by atoms with Crippen LogP contribution in [0, 0.1) is 0 Å². The summed E-state index contributed by atoms with van der Waals surface area (Å²) in [5.41, 5.74) is 3.43. The smallest absolute Gasteiger partial charge is 0.115 e. The Morgan fingerprint density at radius 1 is 1.17 bits per heavy atom. The number of aromatic nitrogens is 3. The van der Waals surface area contributed by atoms with Gasteiger partial charge in [0, 0.05) is 42.3 Å². The number of hydrogen-bond donors (Lipinski definition) is 1. The maximum atomic E-state index is 4.48. The van der Waals surface area contributed by atoms with E-state index in [1.165, 1.54) is 5.56 Å². The predicted octanol–water partition coefficient (Wildman–Crippen LogP) is 1.94. The predicted molar refractivity (Wildman–Crippen MR) is 71.2 cm³/mol. The fraction of sp³-hybridized carbons (Fsp3) is 0.357. The van der Waals surface area contributed by atoms with Crippen molar-refractivity contribution >= 4 is 0 Å². The first-order valence-electron chi connectivity index (χ1n) is 6.19. The van der Waals surface area contributed by atoms with Crippen LogP contribution in [0.25, 0.3) is 0 Å². The Balaban J connectivity index is 2.10. The summed E-state index contributed by atoms with van der Waals surface area (Å²) < 4.78 is 0. The molecule has 2 rings (SSSR count). The lowest BCUT2D eigenvalue weighted by molar-refractivity contribution is 0.579. The van der Waals surface area contributed by atoms with E-state index in [2.05, 4.69) is 39.3 Å². The SMILES string of the molecule is CCc1ccc(CC(NC)c2cncnc2)nc1. The van der Waals surface area contributed by atoms with Crippen LogP contribution in [0.4, 0.5) is 0 Å². The maximum absolute atomic E-state index is 4.48. The fourth-order valence-electron chi connectivity index (χ4n) is 1.87. The Labute approximate surface area is 108 Å². The van der Waals surface area contributed by atoms with E-state index in [0.717, 1.165) is 24.1 Å². The highest BCUT2D eigenvalue weighted by molar-refractivity contribution is 5.18. The minimum atomic E-state index is 0.200. The van der Waals surface area contributed by atoms with Crippen molar-refractivity contribution in [2.24, 2.45) is 0 Å². The van der Waals surface area contributed by atoms with E-state index in [-0.39, 0.29) is 6.04 Å². The number of hydrogen-bond acceptors (Lipinski definition) is 4. The molecule has 94 valence electrons. The van der Waals surface area contributed by atoms with Crippen molar-refractivity contribution < 1.29 is 0 Å². The lowest BCUT2D eigenvalue weighted by Crippen LogP contribution is -2.19. The van der Waals surface area contributed by atoms with Crippen molar-refractivity contribution in [2.45, 2.75) is 25.8 Å². The van der Waals surface area contributed by atoms with Gasteiger partial charge in [-0.1, -0.05) is 13.0 Å². The minimum absolute atomic E-state index is 0.200. The number of pyridine rings is 1. The van der Waals surface area contributed by atoms with Crippen molar-refractivity contribution in [2.75, 3.05) is 7.05 Å². The van der Waals surface area contributed by atoms with Crippen LogP contribution >= 0.6 is 0 Å². The van der Waals surface area contributed by atoms with Gasteiger partial charge in [0.25, 0.3) is 0 Å². The molecule has 0 saturated carbocycles. The first-order valence-corrected chi connectivity index (χ1v) is 6.19. The van der Waals surface area contributed by atoms with Crippen molar-refractivity contribution in [3.63, 3.8) is 0 Å². The third-order valence-corrected chi connectivity index (χ3v) is 3.04. The molecule has 0 aliphatic carbocycles. The molecule has 0 fully saturated rings. The normalized spacial score (nSPS) is 12.3. The monoisotopic (exact) mass is 242 g/mol. The lowest BCUT2D eigenvalue weighted by Gasteiger charge is -2.15. The second-order valence-corrected chi connectivity index (χ2v) is 4.23. The first-order chi connectivity index (χ1) is 8.83. The number of likely N-dealkylation sites (N-methyl/N-ethyl adjacent to an activating group) is 1. The fourth-order valence-corrected chi connectivity index (χ4v) is 1.87. The molecule has 0 bridgehead atoms. The van der Waals surface area contributed by atoms with E-state index >= 15 is 0 Å². The molecule has 1 N–H and O–H groups in total. The van der Waals surface area contributed by atoms with Gasteiger partial charge in [-0.05, 0) is 25.1 Å². The molecular weight excluding hydrogens is 224 g/mol. The molecule has 2 heterocycles. The Morgan fingerprint density at radius 2 is 1.94 bits per heavy atom. The summed E-state index contributed by atoms with van der Waals surface area (Å²) in [6.07, 6.45) is 9.04. The maximum Gasteiger partial charge on any atom is 0.115 e. The molecule has 4 nitrogen and oxygen atoms in total. The summed E-state index contributed by atoms with van der Waals surface area (Å²) in [5, 5.41) is 3.28. The van der Waals surface area contributed by atoms with Crippen LogP contribution in [0.15, 0.2) is 37.1 Å². The molecule has 0 spiro atoms. The standard InChI is InChI=1S/C14H18N4/c1-3-11-4-5-13(18-7-11)6-14(15-2)12-8-16-10-17-9-12/h4-5,7-10,14-15H,3,6H2,1-2H3. The molecule has 0 saturated heterocycles. The van der Waals surface area contributed by atoms with Gasteiger partial charge in [-0.2, -0.15) is 0 Å². The number of nitrogens with one attached hydrogen (secondary N) is 1. The molecule has 1 atom stereocenters. The highest BCUT2D eigenvalue weighted by Crippen LogP contribution is 2.15. The van der Waals surface area contributed by atoms with E-state index < -0.39 is 0 Å². The Hall–Kier alpha value is -1.81. The van der Waals surface area contributed by atoms with Gasteiger partial charge in [-0.3, -0.25) is 4.98 Å². The average molecular weight is 242 g/mol. The van der Waals surface area contributed by atoms with Crippen LogP contribution in [0.5, 0.6) is 0 Å². The quantitative estimate of drug-likeness (QED) is 0.870. The third kappa shape index (κ3) is 3.11. The second-order valence-electron chi connectivity index (χ2n) is 4.23. The first kappa shape index (κ1) is 12.6.